The van der Waals surface area contributed by atoms with Gasteiger partial charge in [0.15, 0.2) is 5.82 Å². The molecule has 8 rings (SSSR count). The predicted molar refractivity (Wildman–Crippen MR) is 232 cm³/mol. The first-order chi connectivity index (χ1) is 30.8. The minimum absolute atomic E-state index is 0.129. The number of benzene rings is 2. The van der Waals surface area contributed by atoms with Crippen molar-refractivity contribution in [2.75, 3.05) is 91.8 Å². The summed E-state index contributed by atoms with van der Waals surface area (Å²) < 4.78 is 51.1. The fourth-order valence-electron chi connectivity index (χ4n) is 9.31. The maximum atomic E-state index is 15.4. The van der Waals surface area contributed by atoms with Crippen molar-refractivity contribution in [2.24, 2.45) is 5.92 Å². The smallest absolute Gasteiger partial charge is 0.342 e. The van der Waals surface area contributed by atoms with Gasteiger partial charge in [0.05, 0.1) is 42.5 Å². The number of hydrazine groups is 1. The highest BCUT2D eigenvalue weighted by molar-refractivity contribution is 6.02. The summed E-state index contributed by atoms with van der Waals surface area (Å²) in [7, 11) is 2.78. The summed E-state index contributed by atoms with van der Waals surface area (Å²) in [6.45, 7) is 4.19. The van der Waals surface area contributed by atoms with Gasteiger partial charge in [-0.15, -0.1) is 0 Å². The number of rotatable bonds is 12. The van der Waals surface area contributed by atoms with Crippen LogP contribution in [0, 0.1) is 23.1 Å². The van der Waals surface area contributed by atoms with E-state index >= 15 is 13.2 Å². The van der Waals surface area contributed by atoms with Gasteiger partial charge in [0.1, 0.15) is 29.4 Å². The van der Waals surface area contributed by atoms with Crippen LogP contribution in [-0.2, 0) is 14.4 Å². The number of piperazine rings is 1. The number of fused-ring (bicyclic) bond motifs is 1. The van der Waals surface area contributed by atoms with Crippen molar-refractivity contribution in [3.05, 3.63) is 53.5 Å². The first kappa shape index (κ1) is 44.4. The fourth-order valence-corrected chi connectivity index (χ4v) is 9.31. The zero-order chi connectivity index (χ0) is 45.1. The van der Waals surface area contributed by atoms with Crippen LogP contribution in [-0.4, -0.2) is 128 Å². The zero-order valence-corrected chi connectivity index (χ0v) is 36.0. The second kappa shape index (κ2) is 18.9. The number of nitrogens with one attached hydrogen (secondary N) is 4. The first-order valence-electron chi connectivity index (χ1n) is 21.9. The van der Waals surface area contributed by atoms with Crippen molar-refractivity contribution in [1.29, 1.82) is 5.26 Å². The molecule has 4 N–H and O–H groups in total. The second-order valence-electron chi connectivity index (χ2n) is 17.2. The zero-order valence-electron chi connectivity index (χ0n) is 36.0. The minimum atomic E-state index is -3.59. The number of methoxy groups -OCH3 is 1. The number of alkyl halides is 2. The van der Waals surface area contributed by atoms with Crippen molar-refractivity contribution < 1.29 is 37.1 Å². The molecule has 4 amide bonds. The second-order valence-corrected chi connectivity index (χ2v) is 17.2. The van der Waals surface area contributed by atoms with Crippen molar-refractivity contribution in [3.8, 4) is 11.8 Å². The average Bonchev–Trinajstić information content (AvgIpc) is 3.82. The van der Waals surface area contributed by atoms with E-state index < -0.39 is 36.1 Å². The van der Waals surface area contributed by atoms with Gasteiger partial charge in [-0.1, -0.05) is 12.8 Å². The number of carbonyl (C=O) groups is 4. The molecule has 1 saturated carbocycles. The van der Waals surface area contributed by atoms with Gasteiger partial charge < -0.3 is 30.1 Å². The molecule has 4 aliphatic heterocycles. The quantitative estimate of drug-likeness (QED) is 0.187. The Morgan fingerprint density at radius 1 is 0.984 bits per heavy atom. The lowest BCUT2D eigenvalue weighted by molar-refractivity contribution is -0.140. The van der Waals surface area contributed by atoms with Gasteiger partial charge in [0.25, 0.3) is 11.8 Å². The Hall–Kier alpha value is -6.20. The Morgan fingerprint density at radius 3 is 2.44 bits per heavy atom. The summed E-state index contributed by atoms with van der Waals surface area (Å²) in [5.74, 6) is -5.29. The van der Waals surface area contributed by atoms with Crippen LogP contribution in [0.1, 0.15) is 73.7 Å². The molecular formula is C44H53F3N12O5. The molecule has 5 aliphatic rings. The number of carbonyl (C=O) groups excluding carboxylic acids is 4. The number of piperidine rings is 2. The Bertz CT molecular complexity index is 2310. The average molecular weight is 887 g/mol. The van der Waals surface area contributed by atoms with Crippen LogP contribution in [0.2, 0.25) is 0 Å². The van der Waals surface area contributed by atoms with E-state index in [-0.39, 0.29) is 59.4 Å². The molecule has 5 heterocycles. The molecule has 2 aromatic carbocycles. The predicted octanol–water partition coefficient (Wildman–Crippen LogP) is 4.39. The van der Waals surface area contributed by atoms with Gasteiger partial charge in [-0.2, -0.15) is 19.0 Å². The number of ether oxygens (including phenoxy) is 1. The lowest BCUT2D eigenvalue weighted by Gasteiger charge is -2.38. The topological polar surface area (TPSA) is 191 Å². The lowest BCUT2D eigenvalue weighted by Crippen LogP contribution is -2.48. The van der Waals surface area contributed by atoms with E-state index in [0.717, 1.165) is 69.5 Å². The molecule has 0 spiro atoms. The molecule has 1 aromatic heterocycles. The number of halogens is 3. The normalized spacial score (nSPS) is 21.2. The molecular weight excluding hydrogens is 834 g/mol. The Morgan fingerprint density at radius 2 is 1.73 bits per heavy atom. The van der Waals surface area contributed by atoms with E-state index in [0.29, 0.717) is 54.8 Å². The third-order valence-electron chi connectivity index (χ3n) is 13.1. The molecule has 64 heavy (non-hydrogen) atoms. The molecule has 1 unspecified atom stereocenters. The van der Waals surface area contributed by atoms with E-state index in [9.17, 15) is 24.4 Å². The third-order valence-corrected chi connectivity index (χ3v) is 13.1. The summed E-state index contributed by atoms with van der Waals surface area (Å²) in [5.41, 5.74) is 4.87. The molecule has 340 valence electrons. The molecule has 3 aromatic rings. The Kier molecular flexibility index (Phi) is 13.1. The van der Waals surface area contributed by atoms with Crippen molar-refractivity contribution >= 4 is 58.1 Å². The number of aromatic nitrogens is 2. The number of imide groups is 1. The minimum Gasteiger partial charge on any atom is -0.495 e. The van der Waals surface area contributed by atoms with E-state index in [1.54, 1.807) is 23.1 Å². The molecule has 3 saturated heterocycles. The van der Waals surface area contributed by atoms with Crippen molar-refractivity contribution in [1.82, 2.24) is 30.6 Å². The van der Waals surface area contributed by atoms with Crippen LogP contribution in [0.4, 0.5) is 47.7 Å². The summed E-state index contributed by atoms with van der Waals surface area (Å²) in [5, 5.41) is 20.1. The highest BCUT2D eigenvalue weighted by Gasteiger charge is 2.49. The molecule has 1 aliphatic carbocycles. The van der Waals surface area contributed by atoms with E-state index in [1.165, 1.54) is 32.5 Å². The van der Waals surface area contributed by atoms with Crippen molar-refractivity contribution in [3.63, 3.8) is 0 Å². The van der Waals surface area contributed by atoms with Crippen LogP contribution >= 0.6 is 0 Å². The van der Waals surface area contributed by atoms with Crippen LogP contribution < -0.4 is 40.8 Å². The van der Waals surface area contributed by atoms with Gasteiger partial charge in [-0.25, -0.2) is 14.4 Å². The number of nitrogens with zero attached hydrogens (tertiary/aromatic N) is 8. The SMILES string of the molecule is COc1cc(C(=O)NN2CCC(CCN3CCN(c4cc(C#N)c(NC5CCC(=O)NC5=O)cc4F)CC3)CC2)ccc1Nc1ncc2c(n1)N(C1CCCC1)CC(F)(F)C(=O)N2C. The van der Waals surface area contributed by atoms with Crippen LogP contribution in [0.3, 0.4) is 0 Å². The first-order valence-corrected chi connectivity index (χ1v) is 21.9. The molecule has 0 bridgehead atoms. The fraction of sp³-hybridized carbons (Fsp3) is 0.523. The van der Waals surface area contributed by atoms with Crippen LogP contribution in [0.25, 0.3) is 0 Å². The largest absolute Gasteiger partial charge is 0.495 e. The summed E-state index contributed by atoms with van der Waals surface area (Å²) >= 11 is 0. The molecule has 4 fully saturated rings. The maximum absolute atomic E-state index is 15.4. The van der Waals surface area contributed by atoms with E-state index in [4.69, 9.17) is 4.74 Å². The molecule has 0 radical (unpaired) electrons. The van der Waals surface area contributed by atoms with Gasteiger partial charge >= 0.3 is 5.92 Å². The number of hydrogen-bond acceptors (Lipinski definition) is 14. The van der Waals surface area contributed by atoms with Gasteiger partial charge in [-0.05, 0) is 75.3 Å². The van der Waals surface area contributed by atoms with Gasteiger partial charge in [0.2, 0.25) is 17.8 Å². The summed E-state index contributed by atoms with van der Waals surface area (Å²) in [6, 6.07) is 8.92. The molecule has 20 heteroatoms. The van der Waals surface area contributed by atoms with Crippen molar-refractivity contribution in [2.45, 2.75) is 75.8 Å². The van der Waals surface area contributed by atoms with Gasteiger partial charge in [-0.3, -0.25) is 34.8 Å². The number of amides is 4. The van der Waals surface area contributed by atoms with Gasteiger partial charge in [0, 0.05) is 70.4 Å². The van der Waals surface area contributed by atoms with Crippen LogP contribution in [0.5, 0.6) is 5.75 Å². The molecule has 1 atom stereocenters. The highest BCUT2D eigenvalue weighted by Crippen LogP contribution is 2.40. The highest BCUT2D eigenvalue weighted by atomic mass is 19.3. The number of nitriles is 1. The van der Waals surface area contributed by atoms with Crippen LogP contribution in [0.15, 0.2) is 36.5 Å². The molecule has 17 nitrogen and oxygen atoms in total. The lowest BCUT2D eigenvalue weighted by atomic mass is 9.94. The monoisotopic (exact) mass is 886 g/mol. The summed E-state index contributed by atoms with van der Waals surface area (Å²) in [6.07, 6.45) is 7.89. The maximum Gasteiger partial charge on any atom is 0.342 e. The Labute approximate surface area is 369 Å². The number of anilines is 6. The third kappa shape index (κ3) is 9.65. The van der Waals surface area contributed by atoms with E-state index in [2.05, 4.69) is 42.3 Å². The summed E-state index contributed by atoms with van der Waals surface area (Å²) in [4.78, 5) is 65.6. The number of hydrogen-bond donors (Lipinski definition) is 4. The Balaban J connectivity index is 0.802. The standard InChI is InChI=1S/C44H53F3N12O5/c1-55-36-25-49-43(53-39(36)59(30-5-3-4-6-30)26-44(46,47)42(55)63)51-32-8-7-28(22-37(32)64-2)40(61)54-58-15-12-27(13-16-58)11-14-56-17-19-57(20-18-56)35-21-29(24-48)34(23-31(35)45)50-33-9-10-38(60)52-41(33)62/h7-8,21-23,25,27,30,33,50H,3-6,9-20,26H2,1-2H3,(H,54,61)(H,49,51,53)(H,52,60,62). The van der Waals surface area contributed by atoms with E-state index in [1.807, 2.05) is 9.91 Å².